The second-order valence-electron chi connectivity index (χ2n) is 7.43. The van der Waals surface area contributed by atoms with Crippen molar-refractivity contribution >= 4 is 21.4 Å². The molecule has 7 heteroatoms. The third-order valence-electron chi connectivity index (χ3n) is 5.65. The van der Waals surface area contributed by atoms with Crippen molar-refractivity contribution in [1.82, 2.24) is 4.90 Å². The lowest BCUT2D eigenvalue weighted by molar-refractivity contribution is 0.311. The zero-order chi connectivity index (χ0) is 19.7. The smallest absolute Gasteiger partial charge is 0.264 e. The Bertz CT molecular complexity index is 953. The molecule has 28 heavy (non-hydrogen) atoms. The number of para-hydroxylation sites is 1. The van der Waals surface area contributed by atoms with Crippen LogP contribution in [0.2, 0.25) is 0 Å². The lowest BCUT2D eigenvalue weighted by Crippen LogP contribution is -2.44. The number of ether oxygens (including phenoxy) is 1. The lowest BCUT2D eigenvalue weighted by Gasteiger charge is -2.35. The van der Waals surface area contributed by atoms with Gasteiger partial charge in [0.1, 0.15) is 5.75 Å². The average Bonchev–Trinajstić information content (AvgIpc) is 2.73. The molecule has 0 saturated carbocycles. The van der Waals surface area contributed by atoms with Crippen molar-refractivity contribution in [3.05, 3.63) is 48.0 Å². The fourth-order valence-electron chi connectivity index (χ4n) is 4.00. The van der Waals surface area contributed by atoms with Crippen molar-refractivity contribution in [3.8, 4) is 5.75 Å². The molecule has 2 aromatic carbocycles. The number of hydrogen-bond acceptors (Lipinski definition) is 5. The second kappa shape index (κ2) is 7.64. The van der Waals surface area contributed by atoms with Crippen molar-refractivity contribution in [2.75, 3.05) is 56.1 Å². The topological polar surface area (TPSA) is 53.1 Å². The van der Waals surface area contributed by atoms with E-state index in [0.717, 1.165) is 56.0 Å². The molecule has 1 fully saturated rings. The maximum Gasteiger partial charge on any atom is 0.264 e. The summed E-state index contributed by atoms with van der Waals surface area (Å²) in [5.74, 6) is 0.711. The molecule has 2 heterocycles. The van der Waals surface area contributed by atoms with Crippen molar-refractivity contribution in [2.24, 2.45) is 0 Å². The van der Waals surface area contributed by atoms with Crippen LogP contribution in [0.15, 0.2) is 47.4 Å². The SMILES string of the molecule is COc1ccc(S(=O)(=O)N2CCCc3ccccc32)cc1N1CCN(C)CC1. The Hall–Kier alpha value is -2.25. The molecular formula is C21H27N3O3S. The summed E-state index contributed by atoms with van der Waals surface area (Å²) in [6.07, 6.45) is 1.75. The summed E-state index contributed by atoms with van der Waals surface area (Å²) in [4.78, 5) is 4.80. The molecule has 0 spiro atoms. The molecule has 0 atom stereocenters. The zero-order valence-corrected chi connectivity index (χ0v) is 17.3. The number of rotatable bonds is 4. The molecule has 0 N–H and O–H groups in total. The van der Waals surface area contributed by atoms with Gasteiger partial charge in [-0.1, -0.05) is 18.2 Å². The van der Waals surface area contributed by atoms with Crippen LogP contribution in [0.3, 0.4) is 0 Å². The van der Waals surface area contributed by atoms with E-state index in [4.69, 9.17) is 4.74 Å². The van der Waals surface area contributed by atoms with Gasteiger partial charge in [0.05, 0.1) is 23.4 Å². The number of piperazine rings is 1. The largest absolute Gasteiger partial charge is 0.495 e. The first-order valence-electron chi connectivity index (χ1n) is 9.73. The quantitative estimate of drug-likeness (QED) is 0.788. The Morgan fingerprint density at radius 3 is 2.43 bits per heavy atom. The molecule has 2 aliphatic heterocycles. The molecule has 2 aliphatic rings. The van der Waals surface area contributed by atoms with Crippen LogP contribution in [0.4, 0.5) is 11.4 Å². The van der Waals surface area contributed by atoms with Crippen molar-refractivity contribution < 1.29 is 13.2 Å². The highest BCUT2D eigenvalue weighted by molar-refractivity contribution is 7.92. The second-order valence-corrected chi connectivity index (χ2v) is 9.30. The van der Waals surface area contributed by atoms with E-state index in [1.807, 2.05) is 24.3 Å². The van der Waals surface area contributed by atoms with E-state index in [9.17, 15) is 8.42 Å². The monoisotopic (exact) mass is 401 g/mol. The number of fused-ring (bicyclic) bond motifs is 1. The van der Waals surface area contributed by atoms with Crippen molar-refractivity contribution in [2.45, 2.75) is 17.7 Å². The Morgan fingerprint density at radius 1 is 0.929 bits per heavy atom. The highest BCUT2D eigenvalue weighted by Gasteiger charge is 2.30. The first-order chi connectivity index (χ1) is 13.5. The van der Waals surface area contributed by atoms with E-state index in [2.05, 4.69) is 16.8 Å². The van der Waals surface area contributed by atoms with Gasteiger partial charge >= 0.3 is 0 Å². The molecule has 0 amide bonds. The van der Waals surface area contributed by atoms with E-state index in [1.54, 1.807) is 29.6 Å². The molecule has 1 saturated heterocycles. The molecule has 0 bridgehead atoms. The maximum absolute atomic E-state index is 13.5. The Balaban J connectivity index is 1.72. The van der Waals surface area contributed by atoms with E-state index >= 15 is 0 Å². The lowest BCUT2D eigenvalue weighted by atomic mass is 10.0. The molecular weight excluding hydrogens is 374 g/mol. The predicted molar refractivity (Wildman–Crippen MR) is 112 cm³/mol. The summed E-state index contributed by atoms with van der Waals surface area (Å²) in [6.45, 7) is 4.10. The summed E-state index contributed by atoms with van der Waals surface area (Å²) in [5.41, 5.74) is 2.73. The number of sulfonamides is 1. The number of hydrogen-bond donors (Lipinski definition) is 0. The van der Waals surface area contributed by atoms with Crippen LogP contribution in [-0.2, 0) is 16.4 Å². The number of anilines is 2. The molecule has 2 aromatic rings. The van der Waals surface area contributed by atoms with Gasteiger partial charge in [-0.2, -0.15) is 0 Å². The standard InChI is InChI=1S/C21H27N3O3S/c1-22-12-14-23(15-13-22)20-16-18(9-10-21(20)27-2)28(25,26)24-11-5-7-17-6-3-4-8-19(17)24/h3-4,6,8-10,16H,5,7,11-15H2,1-2H3. The molecule has 0 aromatic heterocycles. The number of methoxy groups -OCH3 is 1. The number of nitrogens with zero attached hydrogens (tertiary/aromatic N) is 3. The van der Waals surface area contributed by atoms with Crippen LogP contribution in [-0.4, -0.2) is 60.2 Å². The summed E-state index contributed by atoms with van der Waals surface area (Å²) in [5, 5.41) is 0. The minimum absolute atomic E-state index is 0.318. The maximum atomic E-state index is 13.5. The summed E-state index contributed by atoms with van der Waals surface area (Å²) < 4.78 is 34.1. The molecule has 0 unspecified atom stereocenters. The Kier molecular flexibility index (Phi) is 5.21. The van der Waals surface area contributed by atoms with Crippen molar-refractivity contribution in [1.29, 1.82) is 0 Å². The Morgan fingerprint density at radius 2 is 1.68 bits per heavy atom. The zero-order valence-electron chi connectivity index (χ0n) is 16.5. The molecule has 6 nitrogen and oxygen atoms in total. The fourth-order valence-corrected chi connectivity index (χ4v) is 5.56. The van der Waals surface area contributed by atoms with Crippen LogP contribution in [0.25, 0.3) is 0 Å². The molecule has 150 valence electrons. The van der Waals surface area contributed by atoms with Crippen LogP contribution in [0.5, 0.6) is 5.75 Å². The van der Waals surface area contributed by atoms with Gasteiger partial charge in [-0.15, -0.1) is 0 Å². The van der Waals surface area contributed by atoms with Crippen LogP contribution in [0.1, 0.15) is 12.0 Å². The first kappa shape index (κ1) is 19.1. The summed E-state index contributed by atoms with van der Waals surface area (Å²) >= 11 is 0. The van der Waals surface area contributed by atoms with Gasteiger partial charge in [0.15, 0.2) is 0 Å². The predicted octanol–water partition coefficient (Wildman–Crippen LogP) is 2.59. The third-order valence-corrected chi connectivity index (χ3v) is 7.46. The third kappa shape index (κ3) is 3.44. The molecule has 4 rings (SSSR count). The normalized spacial score (nSPS) is 18.1. The van der Waals surface area contributed by atoms with E-state index in [0.29, 0.717) is 17.2 Å². The molecule has 0 radical (unpaired) electrons. The van der Waals surface area contributed by atoms with Gasteiger partial charge in [-0.25, -0.2) is 8.42 Å². The minimum Gasteiger partial charge on any atom is -0.495 e. The highest BCUT2D eigenvalue weighted by atomic mass is 32.2. The van der Waals surface area contributed by atoms with E-state index in [1.165, 1.54) is 0 Å². The minimum atomic E-state index is -3.63. The van der Waals surface area contributed by atoms with E-state index < -0.39 is 10.0 Å². The van der Waals surface area contributed by atoms with Gasteiger partial charge in [-0.3, -0.25) is 4.31 Å². The van der Waals surface area contributed by atoms with Gasteiger partial charge in [0.25, 0.3) is 10.0 Å². The van der Waals surface area contributed by atoms with Crippen LogP contribution >= 0.6 is 0 Å². The fraction of sp³-hybridized carbons (Fsp3) is 0.429. The van der Waals surface area contributed by atoms with Crippen molar-refractivity contribution in [3.63, 3.8) is 0 Å². The van der Waals surface area contributed by atoms with E-state index in [-0.39, 0.29) is 0 Å². The summed E-state index contributed by atoms with van der Waals surface area (Å²) in [7, 11) is 0.0977. The number of benzene rings is 2. The van der Waals surface area contributed by atoms with Gasteiger partial charge in [0, 0.05) is 32.7 Å². The number of likely N-dealkylation sites (N-methyl/N-ethyl adjacent to an activating group) is 1. The first-order valence-corrected chi connectivity index (χ1v) is 11.2. The Labute approximate surface area is 167 Å². The number of aryl methyl sites for hydroxylation is 1. The van der Waals surface area contributed by atoms with Gasteiger partial charge in [0.2, 0.25) is 0 Å². The molecule has 0 aliphatic carbocycles. The van der Waals surface area contributed by atoms with Gasteiger partial charge < -0.3 is 14.5 Å². The average molecular weight is 402 g/mol. The summed E-state index contributed by atoms with van der Waals surface area (Å²) in [6, 6.07) is 13.0. The van der Waals surface area contributed by atoms with Crippen LogP contribution in [0, 0.1) is 0 Å². The highest BCUT2D eigenvalue weighted by Crippen LogP contribution is 2.36. The van der Waals surface area contributed by atoms with Crippen LogP contribution < -0.4 is 13.9 Å². The van der Waals surface area contributed by atoms with Gasteiger partial charge in [-0.05, 0) is 49.7 Å².